The average Bonchev–Trinajstić information content (AvgIpc) is 2.69. The summed E-state index contributed by atoms with van der Waals surface area (Å²) < 4.78 is 33.3. The lowest BCUT2D eigenvalue weighted by Crippen LogP contribution is -2.70. The number of carbonyl (C=O) groups excluding carboxylic acids is 3. The van der Waals surface area contributed by atoms with Crippen molar-refractivity contribution in [2.24, 2.45) is 0 Å². The van der Waals surface area contributed by atoms with Crippen LogP contribution < -0.4 is 5.32 Å². The maximum Gasteiger partial charge on any atom is 0.359 e. The monoisotopic (exact) mass is 471 g/mol. The van der Waals surface area contributed by atoms with Crippen LogP contribution >= 0.6 is 11.8 Å². The molecule has 2 atom stereocenters. The van der Waals surface area contributed by atoms with Crippen LogP contribution in [-0.2, 0) is 40.0 Å². The molecule has 14 heteroatoms. The van der Waals surface area contributed by atoms with Crippen molar-refractivity contribution >= 4 is 45.4 Å². The van der Waals surface area contributed by atoms with Gasteiger partial charge in [0.25, 0.3) is 11.6 Å². The summed E-state index contributed by atoms with van der Waals surface area (Å²) in [5.41, 5.74) is -0.0513. The number of hydrogen-bond acceptors (Lipinski definition) is 10. The van der Waals surface area contributed by atoms with E-state index in [4.69, 9.17) is 8.92 Å². The number of benzene rings is 1. The van der Waals surface area contributed by atoms with Gasteiger partial charge in [-0.2, -0.15) is 8.42 Å². The Morgan fingerprint density at radius 2 is 1.97 bits per heavy atom. The topological polar surface area (TPSA) is 162 Å². The minimum absolute atomic E-state index is 0.0421. The smallest absolute Gasteiger partial charge is 0.359 e. The first kappa shape index (κ1) is 22.6. The second kappa shape index (κ2) is 8.55. The van der Waals surface area contributed by atoms with E-state index < -0.39 is 44.2 Å². The van der Waals surface area contributed by atoms with Crippen molar-refractivity contribution in [3.8, 4) is 0 Å². The third-order valence-electron chi connectivity index (χ3n) is 4.25. The maximum atomic E-state index is 12.8. The molecule has 12 nitrogen and oxygen atoms in total. The summed E-state index contributed by atoms with van der Waals surface area (Å²) in [5.74, 6) is -2.34. The van der Waals surface area contributed by atoms with Gasteiger partial charge < -0.3 is 14.2 Å². The highest BCUT2D eigenvalue weighted by molar-refractivity contribution is 8.00. The van der Waals surface area contributed by atoms with Crippen molar-refractivity contribution in [3.05, 3.63) is 51.4 Å². The van der Waals surface area contributed by atoms with Crippen molar-refractivity contribution in [3.63, 3.8) is 0 Å². The second-order valence-corrected chi connectivity index (χ2v) is 9.33. The lowest BCUT2D eigenvalue weighted by atomic mass is 10.0. The lowest BCUT2D eigenvalue weighted by molar-refractivity contribution is -0.384. The van der Waals surface area contributed by atoms with E-state index in [1.807, 2.05) is 0 Å². The number of hydrogen-bond donors (Lipinski definition) is 1. The number of nitro benzene ring substituents is 1. The Balaban J connectivity index is 1.82. The fraction of sp³-hybridized carbons (Fsp3) is 0.353. The number of esters is 1. The van der Waals surface area contributed by atoms with E-state index in [0.29, 0.717) is 5.56 Å². The zero-order valence-electron chi connectivity index (χ0n) is 16.3. The molecule has 31 heavy (non-hydrogen) atoms. The minimum Gasteiger partial charge on any atom is -0.456 e. The van der Waals surface area contributed by atoms with Gasteiger partial charge in [0.2, 0.25) is 5.91 Å². The van der Waals surface area contributed by atoms with Crippen molar-refractivity contribution in [2.75, 3.05) is 12.0 Å². The van der Waals surface area contributed by atoms with E-state index in [0.717, 1.165) is 22.9 Å². The van der Waals surface area contributed by atoms with E-state index in [1.165, 1.54) is 31.2 Å². The fourth-order valence-electron chi connectivity index (χ4n) is 2.98. The standard InChI is InChI=1S/C17H17N3O9S2/c1-9(21)18-13-15(22)19-14(12(8-30-16(13)19)29-31(2,26)27)17(23)28-7-10-3-5-11(6-4-10)20(24)25/h3-6,13,16H,7-8H2,1-2H3,(H,18,21)/t13?,16-/m0/s1. The van der Waals surface area contributed by atoms with E-state index in [9.17, 15) is 32.9 Å². The van der Waals surface area contributed by atoms with Crippen molar-refractivity contribution in [1.29, 1.82) is 0 Å². The molecule has 166 valence electrons. The Kier molecular flexibility index (Phi) is 6.22. The van der Waals surface area contributed by atoms with E-state index in [2.05, 4.69) is 5.32 Å². The number of nitrogens with one attached hydrogen (secondary N) is 1. The molecule has 2 amide bonds. The van der Waals surface area contributed by atoms with Crippen LogP contribution in [0.5, 0.6) is 0 Å². The highest BCUT2D eigenvalue weighted by Crippen LogP contribution is 2.41. The predicted molar refractivity (Wildman–Crippen MR) is 107 cm³/mol. The molecule has 1 unspecified atom stereocenters. The summed E-state index contributed by atoms with van der Waals surface area (Å²) >= 11 is 1.13. The van der Waals surface area contributed by atoms with Crippen molar-refractivity contribution < 1.29 is 36.6 Å². The predicted octanol–water partition coefficient (Wildman–Crippen LogP) is 0.246. The third kappa shape index (κ3) is 4.96. The number of non-ortho nitro benzene ring substituents is 1. The van der Waals surface area contributed by atoms with Crippen LogP contribution in [0.3, 0.4) is 0 Å². The van der Waals surface area contributed by atoms with E-state index in [-0.39, 0.29) is 29.5 Å². The lowest BCUT2D eigenvalue weighted by Gasteiger charge is -2.48. The fourth-order valence-corrected chi connectivity index (χ4v) is 4.81. The molecule has 1 N–H and O–H groups in total. The summed E-state index contributed by atoms with van der Waals surface area (Å²) in [7, 11) is -3.99. The quantitative estimate of drug-likeness (QED) is 0.192. The Hall–Kier alpha value is -3.13. The summed E-state index contributed by atoms with van der Waals surface area (Å²) in [6.45, 7) is 0.971. The van der Waals surface area contributed by atoms with Gasteiger partial charge >= 0.3 is 16.1 Å². The Morgan fingerprint density at radius 3 is 2.52 bits per heavy atom. The molecule has 1 saturated heterocycles. The van der Waals surface area contributed by atoms with Crippen LogP contribution in [0.25, 0.3) is 0 Å². The summed E-state index contributed by atoms with van der Waals surface area (Å²) in [5, 5.41) is 12.6. The van der Waals surface area contributed by atoms with Gasteiger partial charge in [0.1, 0.15) is 18.0 Å². The molecule has 0 aliphatic carbocycles. The molecule has 0 aromatic heterocycles. The molecule has 0 bridgehead atoms. The number of β-lactam (4-membered cyclic amide) rings is 1. The van der Waals surface area contributed by atoms with Gasteiger partial charge in [0.15, 0.2) is 11.5 Å². The zero-order valence-corrected chi connectivity index (χ0v) is 17.9. The molecule has 1 aromatic carbocycles. The number of fused-ring (bicyclic) bond motifs is 1. The van der Waals surface area contributed by atoms with Gasteiger partial charge in [0, 0.05) is 19.1 Å². The molecule has 3 rings (SSSR count). The molecule has 1 fully saturated rings. The van der Waals surface area contributed by atoms with Gasteiger partial charge in [0.05, 0.1) is 16.9 Å². The van der Waals surface area contributed by atoms with Crippen LogP contribution in [0.1, 0.15) is 12.5 Å². The van der Waals surface area contributed by atoms with Crippen molar-refractivity contribution in [2.45, 2.75) is 24.9 Å². The van der Waals surface area contributed by atoms with Gasteiger partial charge in [-0.25, -0.2) is 4.79 Å². The molecule has 0 saturated carbocycles. The number of ether oxygens (including phenoxy) is 1. The molecule has 2 aliphatic rings. The number of nitrogens with zero attached hydrogens (tertiary/aromatic N) is 2. The zero-order chi connectivity index (χ0) is 22.9. The Bertz CT molecular complexity index is 1080. The second-order valence-electron chi connectivity index (χ2n) is 6.65. The first-order valence-electron chi connectivity index (χ1n) is 8.73. The van der Waals surface area contributed by atoms with Gasteiger partial charge in [-0.15, -0.1) is 11.8 Å². The van der Waals surface area contributed by atoms with Gasteiger partial charge in [-0.05, 0) is 17.7 Å². The molecule has 1 aromatic rings. The Labute approximate surface area is 180 Å². The largest absolute Gasteiger partial charge is 0.456 e. The average molecular weight is 471 g/mol. The number of rotatable bonds is 7. The maximum absolute atomic E-state index is 12.8. The molecule has 2 aliphatic heterocycles. The highest BCUT2D eigenvalue weighted by Gasteiger charge is 2.55. The molecular weight excluding hydrogens is 454 g/mol. The summed E-state index contributed by atoms with van der Waals surface area (Å²) in [6, 6.07) is 4.42. The highest BCUT2D eigenvalue weighted by atomic mass is 32.2. The number of nitro groups is 1. The minimum atomic E-state index is -3.99. The molecule has 0 spiro atoms. The van der Waals surface area contributed by atoms with Crippen LogP contribution in [-0.4, -0.2) is 59.4 Å². The van der Waals surface area contributed by atoms with E-state index >= 15 is 0 Å². The van der Waals surface area contributed by atoms with Gasteiger partial charge in [-0.1, -0.05) is 0 Å². The van der Waals surface area contributed by atoms with Gasteiger partial charge in [-0.3, -0.25) is 24.6 Å². The SMILES string of the molecule is CC(=O)NC1C(=O)N2C(C(=O)OCc3ccc([N+](=O)[O-])cc3)=C(OS(C)(=O)=O)CS[C@@H]12. The van der Waals surface area contributed by atoms with Crippen LogP contribution in [0.15, 0.2) is 35.7 Å². The normalized spacial score (nSPS) is 20.5. The number of carbonyl (C=O) groups is 3. The summed E-state index contributed by atoms with van der Waals surface area (Å²) in [4.78, 5) is 47.8. The van der Waals surface area contributed by atoms with Crippen LogP contribution in [0.2, 0.25) is 0 Å². The molecule has 2 heterocycles. The number of amides is 2. The third-order valence-corrected chi connectivity index (χ3v) is 6.01. The summed E-state index contributed by atoms with van der Waals surface area (Å²) in [6.07, 6.45) is 0.800. The van der Waals surface area contributed by atoms with Crippen molar-refractivity contribution in [1.82, 2.24) is 10.2 Å². The first-order valence-corrected chi connectivity index (χ1v) is 11.6. The van der Waals surface area contributed by atoms with Crippen LogP contribution in [0.4, 0.5) is 5.69 Å². The van der Waals surface area contributed by atoms with Crippen LogP contribution in [0, 0.1) is 10.1 Å². The van der Waals surface area contributed by atoms with E-state index in [1.54, 1.807) is 0 Å². The first-order chi connectivity index (χ1) is 14.5. The molecule has 0 radical (unpaired) electrons. The molecular formula is C17H17N3O9S2. The Morgan fingerprint density at radius 1 is 1.32 bits per heavy atom. The number of thioether (sulfide) groups is 1.